The summed E-state index contributed by atoms with van der Waals surface area (Å²) in [5, 5.41) is 3.37. The van der Waals surface area contributed by atoms with E-state index in [-0.39, 0.29) is 0 Å². The van der Waals surface area contributed by atoms with Crippen molar-refractivity contribution in [3.63, 3.8) is 0 Å². The number of hydrogen-bond donors (Lipinski definition) is 1. The molecule has 0 spiro atoms. The van der Waals surface area contributed by atoms with Gasteiger partial charge in [-0.25, -0.2) is 0 Å². The van der Waals surface area contributed by atoms with Gasteiger partial charge in [0, 0.05) is 29.3 Å². The first-order valence-corrected chi connectivity index (χ1v) is 8.50. The molecule has 112 valence electrons. The van der Waals surface area contributed by atoms with Gasteiger partial charge in [-0.15, -0.1) is 0 Å². The third-order valence-corrected chi connectivity index (χ3v) is 5.55. The van der Waals surface area contributed by atoms with Crippen molar-refractivity contribution in [2.45, 2.75) is 46.1 Å². The Morgan fingerprint density at radius 2 is 2.00 bits per heavy atom. The molecule has 1 fully saturated rings. The molecule has 2 nitrogen and oxygen atoms in total. The largest absolute Gasteiger partial charge is 0.371 e. The van der Waals surface area contributed by atoms with E-state index in [1.807, 2.05) is 7.05 Å². The predicted molar refractivity (Wildman–Crippen MR) is 91.5 cm³/mol. The normalized spacial score (nSPS) is 19.9. The monoisotopic (exact) mass is 338 g/mol. The summed E-state index contributed by atoms with van der Waals surface area (Å²) < 4.78 is 1.16. The van der Waals surface area contributed by atoms with E-state index >= 15 is 0 Å². The van der Waals surface area contributed by atoms with Crippen molar-refractivity contribution in [3.05, 3.63) is 28.2 Å². The minimum Gasteiger partial charge on any atom is -0.371 e. The average molecular weight is 339 g/mol. The molecule has 0 bridgehead atoms. The summed E-state index contributed by atoms with van der Waals surface area (Å²) in [5.41, 5.74) is 3.33. The van der Waals surface area contributed by atoms with E-state index in [4.69, 9.17) is 0 Å². The van der Waals surface area contributed by atoms with Crippen molar-refractivity contribution in [1.82, 2.24) is 5.32 Å². The quantitative estimate of drug-likeness (QED) is 0.852. The Balaban J connectivity index is 2.21. The summed E-state index contributed by atoms with van der Waals surface area (Å²) in [5.74, 6) is 0. The molecule has 1 aliphatic heterocycles. The van der Waals surface area contributed by atoms with Gasteiger partial charge >= 0.3 is 0 Å². The number of hydrogen-bond acceptors (Lipinski definition) is 2. The molecule has 20 heavy (non-hydrogen) atoms. The smallest absolute Gasteiger partial charge is 0.0415 e. The van der Waals surface area contributed by atoms with Crippen molar-refractivity contribution < 1.29 is 0 Å². The Kier molecular flexibility index (Phi) is 5.14. The maximum Gasteiger partial charge on any atom is 0.0415 e. The van der Waals surface area contributed by atoms with Crippen LogP contribution in [0.3, 0.4) is 0 Å². The fourth-order valence-corrected chi connectivity index (χ4v) is 3.34. The summed E-state index contributed by atoms with van der Waals surface area (Å²) in [7, 11) is 2.03. The molecule has 1 aliphatic rings. The van der Waals surface area contributed by atoms with E-state index in [1.165, 1.54) is 43.6 Å². The van der Waals surface area contributed by atoms with Gasteiger partial charge < -0.3 is 10.2 Å². The van der Waals surface area contributed by atoms with Gasteiger partial charge in [-0.05, 0) is 56.0 Å². The van der Waals surface area contributed by atoms with E-state index in [0.29, 0.717) is 11.5 Å². The van der Waals surface area contributed by atoms with Crippen molar-refractivity contribution in [1.29, 1.82) is 0 Å². The standard InChI is InChI=1S/C17H27BrN2/c1-5-17(3)8-10-20(11-9-17)16-7-6-14(18)12-15(16)13(2)19-4/h6-7,12-13,19H,5,8-11H2,1-4H3. The van der Waals surface area contributed by atoms with Crippen LogP contribution in [0.4, 0.5) is 5.69 Å². The highest BCUT2D eigenvalue weighted by Gasteiger charge is 2.29. The first kappa shape index (κ1) is 15.8. The SMILES string of the molecule is CCC1(C)CCN(c2ccc(Br)cc2C(C)NC)CC1. The molecular weight excluding hydrogens is 312 g/mol. The Labute approximate surface area is 132 Å². The number of nitrogens with zero attached hydrogens (tertiary/aromatic N) is 1. The van der Waals surface area contributed by atoms with E-state index in [0.717, 1.165) is 4.47 Å². The maximum absolute atomic E-state index is 3.60. The molecule has 3 heteroatoms. The van der Waals surface area contributed by atoms with Crippen molar-refractivity contribution in [3.8, 4) is 0 Å². The molecule has 1 aromatic rings. The number of nitrogens with one attached hydrogen (secondary N) is 1. The molecule has 0 aromatic heterocycles. The summed E-state index contributed by atoms with van der Waals surface area (Å²) in [4.78, 5) is 2.56. The highest BCUT2D eigenvalue weighted by atomic mass is 79.9. The Morgan fingerprint density at radius 1 is 1.35 bits per heavy atom. The molecule has 0 aliphatic carbocycles. The van der Waals surface area contributed by atoms with Crippen LogP contribution >= 0.6 is 15.9 Å². The summed E-state index contributed by atoms with van der Waals surface area (Å²) in [6, 6.07) is 7.06. The Hall–Kier alpha value is -0.540. The van der Waals surface area contributed by atoms with Crippen LogP contribution in [0.5, 0.6) is 0 Å². The van der Waals surface area contributed by atoms with E-state index in [1.54, 1.807) is 0 Å². The Bertz CT molecular complexity index is 450. The minimum atomic E-state index is 0.377. The van der Waals surface area contributed by atoms with Gasteiger partial charge in [0.15, 0.2) is 0 Å². The highest BCUT2D eigenvalue weighted by Crippen LogP contribution is 2.38. The molecule has 1 N–H and O–H groups in total. The van der Waals surface area contributed by atoms with Gasteiger partial charge in [0.05, 0.1) is 0 Å². The van der Waals surface area contributed by atoms with Crippen molar-refractivity contribution in [2.24, 2.45) is 5.41 Å². The van der Waals surface area contributed by atoms with E-state index in [2.05, 4.69) is 65.1 Å². The number of piperidine rings is 1. The fraction of sp³-hybridized carbons (Fsp3) is 0.647. The zero-order chi connectivity index (χ0) is 14.8. The average Bonchev–Trinajstić information content (AvgIpc) is 2.47. The number of halogens is 1. The van der Waals surface area contributed by atoms with Crippen LogP contribution in [0, 0.1) is 5.41 Å². The number of anilines is 1. The second kappa shape index (κ2) is 6.48. The first-order valence-electron chi connectivity index (χ1n) is 7.71. The third kappa shape index (κ3) is 3.37. The van der Waals surface area contributed by atoms with Gasteiger partial charge in [-0.2, -0.15) is 0 Å². The summed E-state index contributed by atoms with van der Waals surface area (Å²) in [6.45, 7) is 9.34. The van der Waals surface area contributed by atoms with Crippen molar-refractivity contribution >= 4 is 21.6 Å². The fourth-order valence-electron chi connectivity index (χ4n) is 2.96. The van der Waals surface area contributed by atoms with Crippen molar-refractivity contribution in [2.75, 3.05) is 25.0 Å². The van der Waals surface area contributed by atoms with Crippen LogP contribution in [-0.4, -0.2) is 20.1 Å². The molecule has 2 rings (SSSR count). The predicted octanol–water partition coefficient (Wildman–Crippen LogP) is 4.75. The molecule has 0 saturated carbocycles. The van der Waals surface area contributed by atoms with Gasteiger partial charge in [0.2, 0.25) is 0 Å². The zero-order valence-electron chi connectivity index (χ0n) is 13.2. The van der Waals surface area contributed by atoms with E-state index < -0.39 is 0 Å². The molecule has 1 unspecified atom stereocenters. The maximum atomic E-state index is 3.60. The number of rotatable bonds is 4. The lowest BCUT2D eigenvalue weighted by Crippen LogP contribution is -2.39. The second-order valence-electron chi connectivity index (χ2n) is 6.36. The minimum absolute atomic E-state index is 0.377. The molecule has 1 saturated heterocycles. The van der Waals surface area contributed by atoms with Crippen LogP contribution in [0.25, 0.3) is 0 Å². The van der Waals surface area contributed by atoms with Crippen LogP contribution < -0.4 is 10.2 Å². The highest BCUT2D eigenvalue weighted by molar-refractivity contribution is 9.10. The first-order chi connectivity index (χ1) is 9.49. The van der Waals surface area contributed by atoms with E-state index in [9.17, 15) is 0 Å². The molecule has 1 heterocycles. The molecule has 0 radical (unpaired) electrons. The molecular formula is C17H27BrN2. The van der Waals surface area contributed by atoms with Gasteiger partial charge in [-0.3, -0.25) is 0 Å². The lowest BCUT2D eigenvalue weighted by atomic mass is 9.78. The van der Waals surface area contributed by atoms with Crippen LogP contribution in [0.1, 0.15) is 51.6 Å². The topological polar surface area (TPSA) is 15.3 Å². The van der Waals surface area contributed by atoms with Crippen LogP contribution in [-0.2, 0) is 0 Å². The lowest BCUT2D eigenvalue weighted by molar-refractivity contribution is 0.238. The molecule has 1 atom stereocenters. The van der Waals surface area contributed by atoms with Gasteiger partial charge in [-0.1, -0.05) is 36.2 Å². The van der Waals surface area contributed by atoms with Gasteiger partial charge in [0.1, 0.15) is 0 Å². The zero-order valence-corrected chi connectivity index (χ0v) is 14.8. The van der Waals surface area contributed by atoms with Crippen LogP contribution in [0.15, 0.2) is 22.7 Å². The van der Waals surface area contributed by atoms with Crippen LogP contribution in [0.2, 0.25) is 0 Å². The summed E-state index contributed by atoms with van der Waals surface area (Å²) >= 11 is 3.60. The number of benzene rings is 1. The Morgan fingerprint density at radius 3 is 2.55 bits per heavy atom. The third-order valence-electron chi connectivity index (χ3n) is 5.05. The molecule has 1 aromatic carbocycles. The summed E-state index contributed by atoms with van der Waals surface area (Å²) in [6.07, 6.45) is 3.89. The van der Waals surface area contributed by atoms with Gasteiger partial charge in [0.25, 0.3) is 0 Å². The lowest BCUT2D eigenvalue weighted by Gasteiger charge is -2.41. The second-order valence-corrected chi connectivity index (χ2v) is 7.28. The molecule has 0 amide bonds.